The van der Waals surface area contributed by atoms with E-state index in [9.17, 15) is 18.7 Å². The quantitative estimate of drug-likeness (QED) is 0.495. The van der Waals surface area contributed by atoms with Crippen LogP contribution in [0, 0.1) is 5.82 Å². The summed E-state index contributed by atoms with van der Waals surface area (Å²) in [6, 6.07) is 10.0. The van der Waals surface area contributed by atoms with Gasteiger partial charge in [-0.25, -0.2) is 18.7 Å². The molecule has 2 fully saturated rings. The molecule has 2 heterocycles. The van der Waals surface area contributed by atoms with Gasteiger partial charge in [-0.15, -0.1) is 0 Å². The highest BCUT2D eigenvalue weighted by atomic mass is 19.1. The molecule has 1 aromatic carbocycles. The first-order valence-electron chi connectivity index (χ1n) is 11.3. The summed E-state index contributed by atoms with van der Waals surface area (Å²) in [6.07, 6.45) is 5.03. The number of nitrogens with one attached hydrogen (secondary N) is 2. The molecule has 7 nitrogen and oxygen atoms in total. The third kappa shape index (κ3) is 4.48. The van der Waals surface area contributed by atoms with Crippen molar-refractivity contribution in [3.63, 3.8) is 0 Å². The van der Waals surface area contributed by atoms with Crippen LogP contribution < -0.4 is 10.6 Å². The van der Waals surface area contributed by atoms with Crippen LogP contribution in [-0.2, 0) is 5.41 Å². The van der Waals surface area contributed by atoms with Crippen LogP contribution in [0.3, 0.4) is 0 Å². The minimum absolute atomic E-state index is 0.00560. The van der Waals surface area contributed by atoms with E-state index in [1.807, 2.05) is 6.07 Å². The van der Waals surface area contributed by atoms with E-state index in [0.717, 1.165) is 11.1 Å². The summed E-state index contributed by atoms with van der Waals surface area (Å²) in [5.41, 5.74) is 1.58. The van der Waals surface area contributed by atoms with Crippen LogP contribution in [-0.4, -0.2) is 50.8 Å². The molecule has 176 valence electrons. The number of alkyl halides is 1. The second-order valence-corrected chi connectivity index (χ2v) is 9.15. The van der Waals surface area contributed by atoms with Crippen molar-refractivity contribution in [1.82, 2.24) is 20.3 Å². The number of halogens is 2. The van der Waals surface area contributed by atoms with Gasteiger partial charge in [-0.2, -0.15) is 0 Å². The molecule has 2 aliphatic carbocycles. The Hall–Kier alpha value is -3.46. The molecule has 0 aliphatic heterocycles. The highest BCUT2D eigenvalue weighted by Gasteiger charge is 2.48. The largest absolute Gasteiger partial charge is 0.393 e. The summed E-state index contributed by atoms with van der Waals surface area (Å²) < 4.78 is 28.1. The molecule has 0 unspecified atom stereocenters. The number of hydrogen-bond acceptors (Lipinski definition) is 6. The Labute approximate surface area is 195 Å². The summed E-state index contributed by atoms with van der Waals surface area (Å²) in [5.74, 6) is -0.277. The van der Waals surface area contributed by atoms with E-state index in [2.05, 4.69) is 25.6 Å². The van der Waals surface area contributed by atoms with Gasteiger partial charge in [0.25, 0.3) is 5.91 Å². The molecule has 2 saturated carbocycles. The number of aromatic nitrogens is 3. The van der Waals surface area contributed by atoms with Crippen LogP contribution in [0.2, 0.25) is 0 Å². The van der Waals surface area contributed by atoms with E-state index in [4.69, 9.17) is 0 Å². The minimum atomic E-state index is -0.981. The molecule has 0 radical (unpaired) electrons. The molecule has 0 saturated heterocycles. The normalized spacial score (nSPS) is 25.7. The first-order valence-corrected chi connectivity index (χ1v) is 11.3. The molecule has 3 aromatic rings. The van der Waals surface area contributed by atoms with Gasteiger partial charge in [-0.3, -0.25) is 9.78 Å². The van der Waals surface area contributed by atoms with Gasteiger partial charge in [0.1, 0.15) is 12.0 Å². The van der Waals surface area contributed by atoms with Gasteiger partial charge in [-0.1, -0.05) is 12.1 Å². The lowest BCUT2D eigenvalue weighted by atomic mass is 9.65. The number of rotatable bonds is 7. The van der Waals surface area contributed by atoms with Crippen molar-refractivity contribution in [3.05, 3.63) is 72.1 Å². The fourth-order valence-electron chi connectivity index (χ4n) is 4.62. The van der Waals surface area contributed by atoms with E-state index < -0.39 is 17.4 Å². The molecule has 1 amide bonds. The monoisotopic (exact) mass is 465 g/mol. The van der Waals surface area contributed by atoms with Gasteiger partial charge in [0.05, 0.1) is 11.8 Å². The number of carbonyl (C=O) groups excluding carboxylic acids is 1. The second kappa shape index (κ2) is 9.06. The first kappa shape index (κ1) is 22.3. The molecule has 5 rings (SSSR count). The van der Waals surface area contributed by atoms with Crippen LogP contribution >= 0.6 is 0 Å². The van der Waals surface area contributed by atoms with E-state index in [1.54, 1.807) is 30.6 Å². The predicted octanol–water partition coefficient (Wildman–Crippen LogP) is 3.41. The smallest absolute Gasteiger partial charge is 0.251 e. The van der Waals surface area contributed by atoms with E-state index in [-0.39, 0.29) is 43.1 Å². The molecular formula is C25H25F2N5O2. The molecule has 34 heavy (non-hydrogen) atoms. The van der Waals surface area contributed by atoms with Gasteiger partial charge < -0.3 is 15.7 Å². The maximum atomic E-state index is 14.3. The van der Waals surface area contributed by atoms with Gasteiger partial charge in [0.2, 0.25) is 5.95 Å². The van der Waals surface area contributed by atoms with E-state index in [0.29, 0.717) is 24.4 Å². The lowest BCUT2D eigenvalue weighted by Gasteiger charge is -2.43. The predicted molar refractivity (Wildman–Crippen MR) is 122 cm³/mol. The molecule has 0 bridgehead atoms. The van der Waals surface area contributed by atoms with Crippen LogP contribution in [0.5, 0.6) is 0 Å². The average molecular weight is 466 g/mol. The van der Waals surface area contributed by atoms with Gasteiger partial charge in [0, 0.05) is 47.7 Å². The van der Waals surface area contributed by atoms with E-state index >= 15 is 0 Å². The number of aliphatic hydroxyl groups excluding tert-OH is 1. The maximum Gasteiger partial charge on any atom is 0.251 e. The number of aliphatic hydroxyl groups is 1. The van der Waals surface area contributed by atoms with Crippen molar-refractivity contribution < 1.29 is 18.7 Å². The first-order chi connectivity index (χ1) is 16.4. The summed E-state index contributed by atoms with van der Waals surface area (Å²) in [5, 5.41) is 15.4. The third-order valence-corrected chi connectivity index (χ3v) is 6.63. The van der Waals surface area contributed by atoms with Crippen LogP contribution in [0.15, 0.2) is 55.0 Å². The van der Waals surface area contributed by atoms with Gasteiger partial charge in [0.15, 0.2) is 0 Å². The SMILES string of the molecule is O=C(NC1CC(O)C1)c1cccc(-c2cnc(NCC3(c4ncccc4F)CC(F)C3)nc2)c1. The van der Waals surface area contributed by atoms with Gasteiger partial charge in [-0.05, 0) is 55.5 Å². The molecule has 3 N–H and O–H groups in total. The number of hydrogen-bond donors (Lipinski definition) is 3. The lowest BCUT2D eigenvalue weighted by Crippen LogP contribution is -2.49. The highest BCUT2D eigenvalue weighted by Crippen LogP contribution is 2.45. The molecule has 0 spiro atoms. The highest BCUT2D eigenvalue weighted by molar-refractivity contribution is 5.95. The van der Waals surface area contributed by atoms with Crippen molar-refractivity contribution in [2.45, 2.75) is 49.4 Å². The Morgan fingerprint density at radius 2 is 1.85 bits per heavy atom. The van der Waals surface area contributed by atoms with Crippen molar-refractivity contribution in [2.24, 2.45) is 0 Å². The minimum Gasteiger partial charge on any atom is -0.393 e. The zero-order valence-electron chi connectivity index (χ0n) is 18.4. The van der Waals surface area contributed by atoms with Crippen molar-refractivity contribution in [2.75, 3.05) is 11.9 Å². The Bertz CT molecular complexity index is 1180. The average Bonchev–Trinajstić information content (AvgIpc) is 2.81. The third-order valence-electron chi connectivity index (χ3n) is 6.63. The zero-order valence-corrected chi connectivity index (χ0v) is 18.4. The topological polar surface area (TPSA) is 100 Å². The number of benzene rings is 1. The van der Waals surface area contributed by atoms with Crippen LogP contribution in [0.4, 0.5) is 14.7 Å². The summed E-state index contributed by atoms with van der Waals surface area (Å²) >= 11 is 0. The molecule has 9 heteroatoms. The fourth-order valence-corrected chi connectivity index (χ4v) is 4.62. The Balaban J connectivity index is 1.25. The molecule has 2 aromatic heterocycles. The summed E-state index contributed by atoms with van der Waals surface area (Å²) in [7, 11) is 0. The van der Waals surface area contributed by atoms with Gasteiger partial charge >= 0.3 is 0 Å². The van der Waals surface area contributed by atoms with Crippen molar-refractivity contribution in [1.29, 1.82) is 0 Å². The van der Waals surface area contributed by atoms with Crippen LogP contribution in [0.25, 0.3) is 11.1 Å². The fraction of sp³-hybridized carbons (Fsp3) is 0.360. The second-order valence-electron chi connectivity index (χ2n) is 9.15. The number of carbonyl (C=O) groups is 1. The molecule has 0 atom stereocenters. The van der Waals surface area contributed by atoms with Crippen LogP contribution in [0.1, 0.15) is 41.7 Å². The summed E-state index contributed by atoms with van der Waals surface area (Å²) in [4.78, 5) is 25.3. The maximum absolute atomic E-state index is 14.3. The number of nitrogens with zero attached hydrogens (tertiary/aromatic N) is 3. The summed E-state index contributed by atoms with van der Waals surface area (Å²) in [6.45, 7) is 0.270. The standard InChI is InChI=1S/C25H25F2N5O2/c26-18-10-25(11-18,22-21(27)5-2-6-28-22)14-31-24-29-12-17(13-30-24)15-3-1-4-16(7-15)23(34)32-19-8-20(33)9-19/h1-7,12-13,18-20,33H,8-11,14H2,(H,32,34)(H,29,30,31). The Kier molecular flexibility index (Phi) is 5.95. The zero-order chi connectivity index (χ0) is 23.7. The van der Waals surface area contributed by atoms with E-state index in [1.165, 1.54) is 18.3 Å². The lowest BCUT2D eigenvalue weighted by molar-refractivity contribution is 0.0562. The van der Waals surface area contributed by atoms with Crippen molar-refractivity contribution in [3.8, 4) is 11.1 Å². The number of anilines is 1. The number of pyridine rings is 1. The molecular weight excluding hydrogens is 440 g/mol. The van der Waals surface area contributed by atoms with Crippen molar-refractivity contribution >= 4 is 11.9 Å². The number of amides is 1. The Morgan fingerprint density at radius 1 is 1.09 bits per heavy atom. The Morgan fingerprint density at radius 3 is 2.53 bits per heavy atom. The molecule has 2 aliphatic rings.